The van der Waals surface area contributed by atoms with Crippen molar-refractivity contribution in [1.29, 1.82) is 0 Å². The minimum Gasteiger partial charge on any atom is -0.393 e. The molecule has 2 spiro atoms. The Kier molecular flexibility index (Phi) is 4.73. The van der Waals surface area contributed by atoms with E-state index in [9.17, 15) is 5.11 Å². The number of hydrogen-bond acceptors (Lipinski definition) is 3. The van der Waals surface area contributed by atoms with Gasteiger partial charge in [0.1, 0.15) is 11.2 Å². The van der Waals surface area contributed by atoms with Gasteiger partial charge < -0.3 is 5.11 Å². The highest BCUT2D eigenvalue weighted by molar-refractivity contribution is 5.33. The maximum Gasteiger partial charge on any atom is 0.130 e. The third kappa shape index (κ3) is 2.60. The lowest BCUT2D eigenvalue weighted by Gasteiger charge is -2.69. The predicted octanol–water partition coefficient (Wildman–Crippen LogP) is 6.55. The normalized spacial score (nSPS) is 57.6. The Morgan fingerprint density at radius 3 is 2.34 bits per heavy atom. The first-order chi connectivity index (χ1) is 15.1. The van der Waals surface area contributed by atoms with Gasteiger partial charge in [-0.1, -0.05) is 47.6 Å². The summed E-state index contributed by atoms with van der Waals surface area (Å²) in [6, 6.07) is 0. The molecule has 4 saturated carbocycles. The van der Waals surface area contributed by atoms with Crippen molar-refractivity contribution in [2.45, 2.75) is 110 Å². The van der Waals surface area contributed by atoms with E-state index in [0.29, 0.717) is 23.7 Å². The summed E-state index contributed by atoms with van der Waals surface area (Å²) in [5, 5.41) is 10.4. The number of rotatable bonds is 4. The summed E-state index contributed by atoms with van der Waals surface area (Å²) in [7, 11) is 0. The summed E-state index contributed by atoms with van der Waals surface area (Å²) in [4.78, 5) is 12.9. The molecule has 5 fully saturated rings. The fraction of sp³-hybridized carbons (Fsp3) is 0.931. The zero-order valence-electron chi connectivity index (χ0n) is 21.3. The molecule has 2 heterocycles. The van der Waals surface area contributed by atoms with Gasteiger partial charge in [-0.25, -0.2) is 9.78 Å². The van der Waals surface area contributed by atoms with Crippen LogP contribution in [0, 0.1) is 58.2 Å². The number of fused-ring (bicyclic) bond motifs is 2. The lowest BCUT2D eigenvalue weighted by molar-refractivity contribution is -0.497. The third-order valence-electron chi connectivity index (χ3n) is 12.6. The van der Waals surface area contributed by atoms with Gasteiger partial charge >= 0.3 is 0 Å². The molecule has 0 radical (unpaired) electrons. The maximum atomic E-state index is 10.4. The van der Waals surface area contributed by atoms with Gasteiger partial charge in [-0.05, 0) is 91.9 Å². The largest absolute Gasteiger partial charge is 0.393 e. The quantitative estimate of drug-likeness (QED) is 0.396. The molecule has 1 saturated heterocycles. The second-order valence-corrected chi connectivity index (χ2v) is 13.9. The lowest BCUT2D eigenvalue weighted by Crippen LogP contribution is -2.73. The molecule has 0 aromatic carbocycles. The molecule has 12 atom stereocenters. The van der Waals surface area contributed by atoms with Gasteiger partial charge in [0.15, 0.2) is 0 Å². The summed E-state index contributed by atoms with van der Waals surface area (Å²) in [6.07, 6.45) is 13.8. The second-order valence-electron chi connectivity index (χ2n) is 13.9. The van der Waals surface area contributed by atoms with Crippen molar-refractivity contribution in [3.05, 3.63) is 12.2 Å². The summed E-state index contributed by atoms with van der Waals surface area (Å²) < 4.78 is 0. The smallest absolute Gasteiger partial charge is 0.130 e. The van der Waals surface area contributed by atoms with Crippen LogP contribution in [0.2, 0.25) is 0 Å². The molecule has 2 aliphatic heterocycles. The summed E-state index contributed by atoms with van der Waals surface area (Å²) in [5.74, 6) is 6.23. The fourth-order valence-electron chi connectivity index (χ4n) is 10.2. The molecule has 3 heteroatoms. The van der Waals surface area contributed by atoms with Crippen molar-refractivity contribution in [3.8, 4) is 0 Å². The Bertz CT molecular complexity index is 806. The molecule has 7 rings (SSSR count). The minimum atomic E-state index is -0.426. The number of hydrogen-bond donors (Lipinski definition) is 1. The van der Waals surface area contributed by atoms with E-state index in [-0.39, 0.29) is 17.1 Å². The maximum absolute atomic E-state index is 10.4. The molecule has 0 amide bonds. The molecule has 0 aromatic heterocycles. The monoisotopic (exact) mass is 442 g/mol. The first-order valence-electron chi connectivity index (χ1n) is 13.8. The van der Waals surface area contributed by atoms with E-state index in [1.165, 1.54) is 32.1 Å². The van der Waals surface area contributed by atoms with Crippen LogP contribution in [0.15, 0.2) is 12.2 Å². The van der Waals surface area contributed by atoms with Gasteiger partial charge in [0, 0.05) is 23.7 Å². The van der Waals surface area contributed by atoms with Gasteiger partial charge in [-0.15, -0.1) is 0 Å². The average molecular weight is 443 g/mol. The predicted molar refractivity (Wildman–Crippen MR) is 127 cm³/mol. The summed E-state index contributed by atoms with van der Waals surface area (Å²) in [6.45, 7) is 14.9. The van der Waals surface area contributed by atoms with Crippen molar-refractivity contribution in [2.24, 2.45) is 58.2 Å². The molecule has 7 aliphatic rings. The van der Waals surface area contributed by atoms with E-state index in [4.69, 9.17) is 9.78 Å². The molecular formula is C29H46O3. The van der Waals surface area contributed by atoms with Crippen molar-refractivity contribution >= 4 is 0 Å². The first kappa shape index (κ1) is 22.1. The highest BCUT2D eigenvalue weighted by atomic mass is 17.2. The lowest BCUT2D eigenvalue weighted by atomic mass is 9.42. The average Bonchev–Trinajstić information content (AvgIpc) is 3.47. The van der Waals surface area contributed by atoms with E-state index in [1.54, 1.807) is 0 Å². The molecule has 180 valence electrons. The Labute approximate surface area is 195 Å². The van der Waals surface area contributed by atoms with Gasteiger partial charge in [0.05, 0.1) is 6.10 Å². The highest BCUT2D eigenvalue weighted by Gasteiger charge is 2.74. The molecule has 5 aliphatic carbocycles. The Morgan fingerprint density at radius 1 is 0.875 bits per heavy atom. The molecule has 32 heavy (non-hydrogen) atoms. The standard InChI is InChI=1S/C29H46O3/c1-17(2)18(3)21-15-22(21)19(4)23-7-8-24-26(23,5)11-10-25-27(6)12-9-20(30)16-28(27)13-14-29(24,25)32-31-28/h13-14,17-25,30H,7-12,15-16H2,1-6H3/t18?,19?,20?,21?,22?,23?,24?,25?,26?,27?,28-,29+/m1/s1. The SMILES string of the molecule is CC(C)C(C)C1CC1C(C)C1CCC2C1(C)CCC1C3(C)CCC(O)C[C@]34C=C[C@]21OO4. The van der Waals surface area contributed by atoms with Crippen LogP contribution >= 0.6 is 0 Å². The zero-order chi connectivity index (χ0) is 22.7. The van der Waals surface area contributed by atoms with Crippen molar-refractivity contribution in [3.63, 3.8) is 0 Å². The number of aliphatic hydroxyl groups is 1. The van der Waals surface area contributed by atoms with Gasteiger partial charge in [-0.2, -0.15) is 0 Å². The fourth-order valence-corrected chi connectivity index (χ4v) is 10.2. The van der Waals surface area contributed by atoms with E-state index < -0.39 is 5.60 Å². The Morgan fingerprint density at radius 2 is 1.66 bits per heavy atom. The van der Waals surface area contributed by atoms with Crippen molar-refractivity contribution in [1.82, 2.24) is 0 Å². The van der Waals surface area contributed by atoms with Crippen LogP contribution in [0.25, 0.3) is 0 Å². The van der Waals surface area contributed by atoms with E-state index in [2.05, 4.69) is 53.7 Å². The van der Waals surface area contributed by atoms with Crippen molar-refractivity contribution in [2.75, 3.05) is 0 Å². The van der Waals surface area contributed by atoms with Gasteiger partial charge in [0.2, 0.25) is 0 Å². The third-order valence-corrected chi connectivity index (χ3v) is 12.6. The van der Waals surface area contributed by atoms with Crippen LogP contribution in [0.4, 0.5) is 0 Å². The first-order valence-corrected chi connectivity index (χ1v) is 13.8. The number of aliphatic hydroxyl groups excluding tert-OH is 1. The topological polar surface area (TPSA) is 38.7 Å². The zero-order valence-corrected chi connectivity index (χ0v) is 21.3. The van der Waals surface area contributed by atoms with Crippen LogP contribution in [-0.2, 0) is 9.78 Å². The van der Waals surface area contributed by atoms with Crippen LogP contribution in [-0.4, -0.2) is 22.4 Å². The van der Waals surface area contributed by atoms with Crippen molar-refractivity contribution < 1.29 is 14.9 Å². The van der Waals surface area contributed by atoms with Gasteiger partial charge in [0.25, 0.3) is 0 Å². The van der Waals surface area contributed by atoms with Gasteiger partial charge in [-0.3, -0.25) is 0 Å². The molecule has 2 bridgehead atoms. The van der Waals surface area contributed by atoms with E-state index in [1.807, 2.05) is 0 Å². The Hall–Kier alpha value is -0.380. The summed E-state index contributed by atoms with van der Waals surface area (Å²) in [5.41, 5.74) is -0.253. The molecule has 0 aromatic rings. The molecule has 1 N–H and O–H groups in total. The second kappa shape index (κ2) is 6.85. The van der Waals surface area contributed by atoms with Crippen LogP contribution in [0.3, 0.4) is 0 Å². The minimum absolute atomic E-state index is 0.0819. The van der Waals surface area contributed by atoms with Crippen LogP contribution in [0.5, 0.6) is 0 Å². The summed E-state index contributed by atoms with van der Waals surface area (Å²) >= 11 is 0. The van der Waals surface area contributed by atoms with E-state index >= 15 is 0 Å². The van der Waals surface area contributed by atoms with E-state index in [0.717, 1.165) is 48.3 Å². The highest BCUT2D eigenvalue weighted by Crippen LogP contribution is 2.73. The molecule has 3 nitrogen and oxygen atoms in total. The molecular weight excluding hydrogens is 396 g/mol. The Balaban J connectivity index is 1.29. The van der Waals surface area contributed by atoms with Crippen LogP contribution in [0.1, 0.15) is 92.9 Å². The van der Waals surface area contributed by atoms with Crippen LogP contribution < -0.4 is 0 Å². The molecule has 10 unspecified atom stereocenters.